The van der Waals surface area contributed by atoms with Gasteiger partial charge in [-0.25, -0.2) is 0 Å². The number of nitrogens with one attached hydrogen (secondary N) is 1. The SMILES string of the molecule is CC(C(=O)Nc1ccc(CCC(F)(F)F)cc1)C(N)c1ccccc1.Cl. The lowest BCUT2D eigenvalue weighted by atomic mass is 9.94. The van der Waals surface area contributed by atoms with Gasteiger partial charge in [-0.05, 0) is 29.7 Å². The highest BCUT2D eigenvalue weighted by Crippen LogP contribution is 2.23. The topological polar surface area (TPSA) is 55.1 Å². The minimum atomic E-state index is -4.17. The van der Waals surface area contributed by atoms with Crippen LogP contribution in [0, 0.1) is 5.92 Å². The predicted molar refractivity (Wildman–Crippen MR) is 99.2 cm³/mol. The second-order valence-corrected chi connectivity index (χ2v) is 6.03. The highest BCUT2D eigenvalue weighted by molar-refractivity contribution is 5.92. The van der Waals surface area contributed by atoms with E-state index in [-0.39, 0.29) is 24.7 Å². The van der Waals surface area contributed by atoms with Crippen LogP contribution >= 0.6 is 12.4 Å². The number of hydrogen-bond acceptors (Lipinski definition) is 2. The van der Waals surface area contributed by atoms with E-state index in [4.69, 9.17) is 5.73 Å². The van der Waals surface area contributed by atoms with E-state index in [0.717, 1.165) is 5.56 Å². The second kappa shape index (κ2) is 9.59. The molecule has 3 nitrogen and oxygen atoms in total. The number of carbonyl (C=O) groups excluding carboxylic acids is 1. The van der Waals surface area contributed by atoms with Crippen molar-refractivity contribution in [2.24, 2.45) is 11.7 Å². The van der Waals surface area contributed by atoms with Crippen LogP contribution in [-0.2, 0) is 11.2 Å². The summed E-state index contributed by atoms with van der Waals surface area (Å²) in [7, 11) is 0. The van der Waals surface area contributed by atoms with Gasteiger partial charge in [0.1, 0.15) is 0 Å². The molecule has 26 heavy (non-hydrogen) atoms. The molecule has 0 aromatic heterocycles. The Hall–Kier alpha value is -2.05. The van der Waals surface area contributed by atoms with E-state index in [9.17, 15) is 18.0 Å². The van der Waals surface area contributed by atoms with Gasteiger partial charge in [-0.1, -0.05) is 49.4 Å². The lowest BCUT2D eigenvalue weighted by molar-refractivity contribution is -0.134. The molecule has 0 saturated carbocycles. The molecule has 0 aliphatic rings. The fourth-order valence-electron chi connectivity index (χ4n) is 2.42. The third kappa shape index (κ3) is 6.69. The third-order valence-corrected chi connectivity index (χ3v) is 4.06. The Bertz CT molecular complexity index is 690. The molecule has 3 N–H and O–H groups in total. The summed E-state index contributed by atoms with van der Waals surface area (Å²) in [6.07, 6.45) is -5.11. The van der Waals surface area contributed by atoms with E-state index < -0.39 is 24.6 Å². The Morgan fingerprint density at radius 2 is 1.65 bits per heavy atom. The number of hydrogen-bond donors (Lipinski definition) is 2. The van der Waals surface area contributed by atoms with Crippen LogP contribution in [0.3, 0.4) is 0 Å². The summed E-state index contributed by atoms with van der Waals surface area (Å²) >= 11 is 0. The van der Waals surface area contributed by atoms with Crippen LogP contribution in [0.1, 0.15) is 30.5 Å². The van der Waals surface area contributed by atoms with Gasteiger partial charge in [-0.3, -0.25) is 4.79 Å². The van der Waals surface area contributed by atoms with Crippen LogP contribution in [0.25, 0.3) is 0 Å². The van der Waals surface area contributed by atoms with Crippen LogP contribution < -0.4 is 11.1 Å². The summed E-state index contributed by atoms with van der Waals surface area (Å²) < 4.78 is 36.7. The molecule has 0 fully saturated rings. The molecule has 0 bridgehead atoms. The van der Waals surface area contributed by atoms with Gasteiger partial charge in [-0.15, -0.1) is 12.4 Å². The first kappa shape index (κ1) is 22.0. The molecule has 0 saturated heterocycles. The van der Waals surface area contributed by atoms with Crippen molar-refractivity contribution in [3.63, 3.8) is 0 Å². The summed E-state index contributed by atoms with van der Waals surface area (Å²) in [5.41, 5.74) is 8.11. The van der Waals surface area contributed by atoms with Crippen LogP contribution in [-0.4, -0.2) is 12.1 Å². The molecule has 2 aromatic rings. The minimum Gasteiger partial charge on any atom is -0.326 e. The number of nitrogens with two attached hydrogens (primary N) is 1. The van der Waals surface area contributed by atoms with Crippen molar-refractivity contribution in [3.05, 3.63) is 65.7 Å². The van der Waals surface area contributed by atoms with Crippen molar-refractivity contribution in [2.75, 3.05) is 5.32 Å². The molecule has 0 heterocycles. The average molecular weight is 387 g/mol. The average Bonchev–Trinajstić information content (AvgIpc) is 2.60. The van der Waals surface area contributed by atoms with Gasteiger partial charge in [0.25, 0.3) is 0 Å². The molecule has 2 rings (SSSR count). The molecule has 0 aliphatic carbocycles. The summed E-state index contributed by atoms with van der Waals surface area (Å²) in [6.45, 7) is 1.74. The molecule has 0 spiro atoms. The highest BCUT2D eigenvalue weighted by Gasteiger charge is 2.26. The van der Waals surface area contributed by atoms with Crippen LogP contribution in [0.15, 0.2) is 54.6 Å². The number of alkyl halides is 3. The van der Waals surface area contributed by atoms with Gasteiger partial charge in [0.05, 0.1) is 5.92 Å². The Morgan fingerprint density at radius 1 is 1.08 bits per heavy atom. The van der Waals surface area contributed by atoms with Crippen molar-refractivity contribution < 1.29 is 18.0 Å². The fraction of sp³-hybridized carbons (Fsp3) is 0.316. The first-order chi connectivity index (χ1) is 11.8. The molecular weight excluding hydrogens is 365 g/mol. The smallest absolute Gasteiger partial charge is 0.326 e. The van der Waals surface area contributed by atoms with Gasteiger partial charge in [-0.2, -0.15) is 13.2 Å². The zero-order chi connectivity index (χ0) is 18.4. The largest absolute Gasteiger partial charge is 0.389 e. The molecule has 0 radical (unpaired) electrons. The number of aryl methyl sites for hydroxylation is 1. The Balaban J connectivity index is 0.00000338. The van der Waals surface area contributed by atoms with E-state index >= 15 is 0 Å². The quantitative estimate of drug-likeness (QED) is 0.743. The predicted octanol–water partition coefficient (Wildman–Crippen LogP) is 4.88. The summed E-state index contributed by atoms with van der Waals surface area (Å²) in [6, 6.07) is 15.3. The molecule has 7 heteroatoms. The first-order valence-corrected chi connectivity index (χ1v) is 8.03. The van der Waals surface area contributed by atoms with Crippen molar-refractivity contribution in [1.82, 2.24) is 0 Å². The van der Waals surface area contributed by atoms with E-state index in [2.05, 4.69) is 5.32 Å². The fourth-order valence-corrected chi connectivity index (χ4v) is 2.42. The van der Waals surface area contributed by atoms with E-state index in [1.165, 1.54) is 0 Å². The maximum Gasteiger partial charge on any atom is 0.389 e. The first-order valence-electron chi connectivity index (χ1n) is 8.03. The van der Waals surface area contributed by atoms with Crippen molar-refractivity contribution in [2.45, 2.75) is 32.0 Å². The van der Waals surface area contributed by atoms with Gasteiger partial charge < -0.3 is 11.1 Å². The Kier molecular flexibility index (Phi) is 8.11. The normalized spacial score (nSPS) is 13.4. The molecule has 2 unspecified atom stereocenters. The lowest BCUT2D eigenvalue weighted by Gasteiger charge is -2.20. The van der Waals surface area contributed by atoms with Crippen LogP contribution in [0.4, 0.5) is 18.9 Å². The number of carbonyl (C=O) groups is 1. The van der Waals surface area contributed by atoms with Crippen LogP contribution in [0.5, 0.6) is 0 Å². The van der Waals surface area contributed by atoms with Gasteiger partial charge in [0.2, 0.25) is 5.91 Å². The molecule has 2 atom stereocenters. The number of rotatable bonds is 6. The van der Waals surface area contributed by atoms with Gasteiger partial charge in [0, 0.05) is 18.2 Å². The zero-order valence-corrected chi connectivity index (χ0v) is 15.1. The maximum atomic E-state index is 12.3. The standard InChI is InChI=1S/C19H21F3N2O.ClH/c1-13(17(23)15-5-3-2-4-6-15)18(25)24-16-9-7-14(8-10-16)11-12-19(20,21)22;/h2-10,13,17H,11-12,23H2,1H3,(H,24,25);1H. The molecule has 0 aliphatic heterocycles. The Labute approximate surface area is 157 Å². The zero-order valence-electron chi connectivity index (χ0n) is 14.3. The van der Waals surface area contributed by atoms with Gasteiger partial charge in [0.15, 0.2) is 0 Å². The van der Waals surface area contributed by atoms with Crippen molar-refractivity contribution in [3.8, 4) is 0 Å². The molecular formula is C19H22ClF3N2O. The third-order valence-electron chi connectivity index (χ3n) is 4.06. The van der Waals surface area contributed by atoms with Crippen molar-refractivity contribution >= 4 is 24.0 Å². The van der Waals surface area contributed by atoms with Crippen LogP contribution in [0.2, 0.25) is 0 Å². The number of benzene rings is 2. The van der Waals surface area contributed by atoms with Gasteiger partial charge >= 0.3 is 6.18 Å². The monoisotopic (exact) mass is 386 g/mol. The number of amides is 1. The molecule has 1 amide bonds. The number of anilines is 1. The highest BCUT2D eigenvalue weighted by atomic mass is 35.5. The number of halogens is 4. The van der Waals surface area contributed by atoms with E-state index in [1.807, 2.05) is 30.3 Å². The van der Waals surface area contributed by atoms with E-state index in [1.54, 1.807) is 31.2 Å². The summed E-state index contributed by atoms with van der Waals surface area (Å²) in [5.74, 6) is -0.688. The lowest BCUT2D eigenvalue weighted by Crippen LogP contribution is -2.30. The minimum absolute atomic E-state index is 0. The molecule has 2 aromatic carbocycles. The Morgan fingerprint density at radius 3 is 2.19 bits per heavy atom. The second-order valence-electron chi connectivity index (χ2n) is 6.03. The van der Waals surface area contributed by atoms with E-state index in [0.29, 0.717) is 11.3 Å². The van der Waals surface area contributed by atoms with Crippen molar-refractivity contribution in [1.29, 1.82) is 0 Å². The summed E-state index contributed by atoms with van der Waals surface area (Å²) in [5, 5.41) is 2.75. The molecule has 142 valence electrons. The maximum absolute atomic E-state index is 12.3. The summed E-state index contributed by atoms with van der Waals surface area (Å²) in [4.78, 5) is 12.3.